The predicted octanol–water partition coefficient (Wildman–Crippen LogP) is 1.80. The lowest BCUT2D eigenvalue weighted by Crippen LogP contribution is -2.26. The summed E-state index contributed by atoms with van der Waals surface area (Å²) in [6, 6.07) is 5.97. The number of halogens is 1. The fourth-order valence-electron chi connectivity index (χ4n) is 1.79. The molecule has 16 heavy (non-hydrogen) atoms. The van der Waals surface area contributed by atoms with Crippen molar-refractivity contribution in [2.75, 3.05) is 13.6 Å². The number of amides is 1. The maximum Gasteiger partial charge on any atom is 0.253 e. The van der Waals surface area contributed by atoms with Crippen molar-refractivity contribution < 1.29 is 4.79 Å². The molecule has 0 bridgehead atoms. The molecule has 1 N–H and O–H groups in total. The molecule has 88 valence electrons. The van der Waals surface area contributed by atoms with Gasteiger partial charge in [0, 0.05) is 32.2 Å². The van der Waals surface area contributed by atoms with E-state index in [0.717, 1.165) is 25.2 Å². The van der Waals surface area contributed by atoms with Crippen LogP contribution in [0.15, 0.2) is 18.2 Å². The van der Waals surface area contributed by atoms with E-state index >= 15 is 0 Å². The molecule has 0 atom stereocenters. The minimum atomic E-state index is 0. The highest BCUT2D eigenvalue weighted by Gasteiger charge is 2.14. The van der Waals surface area contributed by atoms with Gasteiger partial charge >= 0.3 is 0 Å². The average Bonchev–Trinajstić information content (AvgIpc) is 2.73. The molecule has 0 saturated heterocycles. The molecule has 1 aliphatic heterocycles. The van der Waals surface area contributed by atoms with Crippen molar-refractivity contribution in [2.45, 2.75) is 20.0 Å². The number of nitrogens with zero attached hydrogens (tertiary/aromatic N) is 1. The van der Waals surface area contributed by atoms with Gasteiger partial charge in [0.1, 0.15) is 0 Å². The smallest absolute Gasteiger partial charge is 0.253 e. The number of carbonyl (C=O) groups is 1. The van der Waals surface area contributed by atoms with Gasteiger partial charge in [0.2, 0.25) is 0 Å². The Kier molecular flexibility index (Phi) is 4.33. The third-order valence-corrected chi connectivity index (χ3v) is 2.91. The van der Waals surface area contributed by atoms with Crippen LogP contribution in [0, 0.1) is 0 Å². The maximum absolute atomic E-state index is 11.9. The van der Waals surface area contributed by atoms with Gasteiger partial charge in [0.25, 0.3) is 5.91 Å². The molecule has 1 aromatic carbocycles. The van der Waals surface area contributed by atoms with Gasteiger partial charge < -0.3 is 10.2 Å². The molecule has 1 amide bonds. The summed E-state index contributed by atoms with van der Waals surface area (Å²) in [5.74, 6) is 0.104. The van der Waals surface area contributed by atoms with Crippen LogP contribution >= 0.6 is 12.4 Å². The number of rotatable bonds is 2. The lowest BCUT2D eigenvalue weighted by molar-refractivity contribution is 0.0802. The van der Waals surface area contributed by atoms with Gasteiger partial charge in [-0.15, -0.1) is 12.4 Å². The van der Waals surface area contributed by atoms with E-state index in [1.807, 2.05) is 32.2 Å². The molecule has 1 aliphatic rings. The highest BCUT2D eigenvalue weighted by Crippen LogP contribution is 2.17. The highest BCUT2D eigenvalue weighted by atomic mass is 35.5. The normalized spacial score (nSPS) is 12.9. The zero-order valence-corrected chi connectivity index (χ0v) is 10.4. The van der Waals surface area contributed by atoms with E-state index in [1.165, 1.54) is 11.1 Å². The Hall–Kier alpha value is -1.06. The van der Waals surface area contributed by atoms with E-state index in [2.05, 4.69) is 5.32 Å². The number of nitrogens with one attached hydrogen (secondary N) is 1. The minimum absolute atomic E-state index is 0. The second-order valence-corrected chi connectivity index (χ2v) is 3.91. The number of hydrogen-bond donors (Lipinski definition) is 1. The predicted molar refractivity (Wildman–Crippen MR) is 66.9 cm³/mol. The van der Waals surface area contributed by atoms with Crippen LogP contribution in [0.25, 0.3) is 0 Å². The first kappa shape index (κ1) is 13.0. The Labute approximate surface area is 102 Å². The molecule has 0 unspecified atom stereocenters. The molecule has 2 rings (SSSR count). The van der Waals surface area contributed by atoms with Gasteiger partial charge in [-0.2, -0.15) is 0 Å². The Balaban J connectivity index is 0.00000128. The summed E-state index contributed by atoms with van der Waals surface area (Å²) < 4.78 is 0. The average molecular weight is 241 g/mol. The van der Waals surface area contributed by atoms with Crippen LogP contribution in [0.1, 0.15) is 28.4 Å². The molecule has 0 radical (unpaired) electrons. The van der Waals surface area contributed by atoms with Crippen molar-refractivity contribution in [3.05, 3.63) is 34.9 Å². The molecule has 0 saturated carbocycles. The van der Waals surface area contributed by atoms with Gasteiger partial charge in [0.05, 0.1) is 0 Å². The van der Waals surface area contributed by atoms with E-state index in [0.29, 0.717) is 0 Å². The molecule has 0 aliphatic carbocycles. The quantitative estimate of drug-likeness (QED) is 0.855. The van der Waals surface area contributed by atoms with Crippen molar-refractivity contribution in [1.82, 2.24) is 10.2 Å². The van der Waals surface area contributed by atoms with Gasteiger partial charge in [-0.3, -0.25) is 4.79 Å². The van der Waals surface area contributed by atoms with Gasteiger partial charge in [-0.1, -0.05) is 6.07 Å². The summed E-state index contributed by atoms with van der Waals surface area (Å²) in [6.07, 6.45) is 0. The molecule has 0 spiro atoms. The first-order chi connectivity index (χ1) is 7.22. The zero-order valence-electron chi connectivity index (χ0n) is 9.62. The summed E-state index contributed by atoms with van der Waals surface area (Å²) in [6.45, 7) is 4.53. The van der Waals surface area contributed by atoms with Crippen LogP contribution in [-0.4, -0.2) is 24.4 Å². The van der Waals surface area contributed by atoms with E-state index in [4.69, 9.17) is 0 Å². The van der Waals surface area contributed by atoms with Gasteiger partial charge in [0.15, 0.2) is 0 Å². The molecule has 1 aromatic rings. The number of hydrogen-bond acceptors (Lipinski definition) is 2. The Bertz CT molecular complexity index is 393. The van der Waals surface area contributed by atoms with Crippen LogP contribution in [0.3, 0.4) is 0 Å². The summed E-state index contributed by atoms with van der Waals surface area (Å²) >= 11 is 0. The molecule has 0 fully saturated rings. The van der Waals surface area contributed by atoms with E-state index in [1.54, 1.807) is 4.90 Å². The van der Waals surface area contributed by atoms with Crippen LogP contribution in [-0.2, 0) is 13.1 Å². The second-order valence-electron chi connectivity index (χ2n) is 3.91. The van der Waals surface area contributed by atoms with E-state index < -0.39 is 0 Å². The standard InChI is InChI=1S/C12H16N2O.ClH/c1-3-14(2)12(15)9-4-5-10-7-13-8-11(10)6-9;/h4-6,13H,3,7-8H2,1-2H3;1H. The maximum atomic E-state index is 11.9. The molecule has 4 heteroatoms. The fourth-order valence-corrected chi connectivity index (χ4v) is 1.79. The number of benzene rings is 1. The van der Waals surface area contributed by atoms with Crippen LogP contribution in [0.2, 0.25) is 0 Å². The SMILES string of the molecule is CCN(C)C(=O)c1ccc2c(c1)CNC2.Cl. The Morgan fingerprint density at radius 3 is 2.75 bits per heavy atom. The summed E-state index contributed by atoms with van der Waals surface area (Å²) in [7, 11) is 1.83. The summed E-state index contributed by atoms with van der Waals surface area (Å²) in [4.78, 5) is 13.6. The first-order valence-corrected chi connectivity index (χ1v) is 5.30. The Morgan fingerprint density at radius 2 is 2.06 bits per heavy atom. The van der Waals surface area contributed by atoms with Crippen LogP contribution in [0.4, 0.5) is 0 Å². The molecular weight excluding hydrogens is 224 g/mol. The van der Waals surface area contributed by atoms with E-state index in [9.17, 15) is 4.79 Å². The van der Waals surface area contributed by atoms with Crippen molar-refractivity contribution >= 4 is 18.3 Å². The van der Waals surface area contributed by atoms with Gasteiger partial charge in [-0.05, 0) is 30.2 Å². The summed E-state index contributed by atoms with van der Waals surface area (Å²) in [5, 5.41) is 3.27. The molecule has 3 nitrogen and oxygen atoms in total. The monoisotopic (exact) mass is 240 g/mol. The highest BCUT2D eigenvalue weighted by molar-refractivity contribution is 5.94. The lowest BCUT2D eigenvalue weighted by atomic mass is 10.1. The fraction of sp³-hybridized carbons (Fsp3) is 0.417. The van der Waals surface area contributed by atoms with Crippen molar-refractivity contribution in [1.29, 1.82) is 0 Å². The van der Waals surface area contributed by atoms with Crippen LogP contribution < -0.4 is 5.32 Å². The lowest BCUT2D eigenvalue weighted by Gasteiger charge is -2.14. The zero-order chi connectivity index (χ0) is 10.8. The van der Waals surface area contributed by atoms with E-state index in [-0.39, 0.29) is 18.3 Å². The third-order valence-electron chi connectivity index (χ3n) is 2.91. The molecular formula is C12H17ClN2O. The first-order valence-electron chi connectivity index (χ1n) is 5.30. The largest absolute Gasteiger partial charge is 0.342 e. The van der Waals surface area contributed by atoms with Crippen LogP contribution in [0.5, 0.6) is 0 Å². The summed E-state index contributed by atoms with van der Waals surface area (Å²) in [5.41, 5.74) is 3.36. The van der Waals surface area contributed by atoms with Crippen molar-refractivity contribution in [2.24, 2.45) is 0 Å². The number of fused-ring (bicyclic) bond motifs is 1. The second kappa shape index (κ2) is 5.32. The molecule has 1 heterocycles. The third kappa shape index (κ3) is 2.36. The van der Waals surface area contributed by atoms with Gasteiger partial charge in [-0.25, -0.2) is 0 Å². The minimum Gasteiger partial charge on any atom is -0.342 e. The Morgan fingerprint density at radius 1 is 1.38 bits per heavy atom. The number of carbonyl (C=O) groups excluding carboxylic acids is 1. The molecule has 0 aromatic heterocycles. The topological polar surface area (TPSA) is 32.3 Å². The van der Waals surface area contributed by atoms with Crippen molar-refractivity contribution in [3.8, 4) is 0 Å². The van der Waals surface area contributed by atoms with Crippen molar-refractivity contribution in [3.63, 3.8) is 0 Å².